The van der Waals surface area contributed by atoms with E-state index >= 15 is 0 Å². The molecule has 1 aliphatic heterocycles. The molecule has 2 aliphatic rings. The van der Waals surface area contributed by atoms with E-state index in [1.807, 2.05) is 12.1 Å². The normalized spacial score (nSPS) is 28.9. The van der Waals surface area contributed by atoms with E-state index in [1.165, 1.54) is 11.1 Å². The molecule has 4 nitrogen and oxygen atoms in total. The summed E-state index contributed by atoms with van der Waals surface area (Å²) in [7, 11) is 0. The molecule has 0 radical (unpaired) electrons. The van der Waals surface area contributed by atoms with Crippen molar-refractivity contribution in [1.82, 2.24) is 10.6 Å². The maximum atomic E-state index is 12.2. The lowest BCUT2D eigenvalue weighted by molar-refractivity contribution is -0.123. The Morgan fingerprint density at radius 1 is 1.30 bits per heavy atom. The summed E-state index contributed by atoms with van der Waals surface area (Å²) in [5.74, 6) is 0.519. The molecular formula is C16H22N2O2. The smallest absolute Gasteiger partial charge is 0.237 e. The minimum atomic E-state index is -0.170. The fourth-order valence-electron chi connectivity index (χ4n) is 3.24. The van der Waals surface area contributed by atoms with Crippen molar-refractivity contribution in [1.29, 1.82) is 0 Å². The van der Waals surface area contributed by atoms with E-state index in [2.05, 4.69) is 22.8 Å². The highest BCUT2D eigenvalue weighted by Gasteiger charge is 2.26. The Kier molecular flexibility index (Phi) is 4.03. The molecule has 1 fully saturated rings. The van der Waals surface area contributed by atoms with E-state index in [4.69, 9.17) is 0 Å². The van der Waals surface area contributed by atoms with Crippen molar-refractivity contribution in [3.8, 4) is 0 Å². The van der Waals surface area contributed by atoms with Crippen molar-refractivity contribution in [2.45, 2.75) is 44.4 Å². The van der Waals surface area contributed by atoms with Gasteiger partial charge in [-0.1, -0.05) is 24.3 Å². The molecule has 1 heterocycles. The van der Waals surface area contributed by atoms with Gasteiger partial charge in [-0.15, -0.1) is 0 Å². The molecule has 1 aromatic rings. The number of nitrogens with one attached hydrogen (secondary N) is 2. The molecule has 3 rings (SSSR count). The highest BCUT2D eigenvalue weighted by Crippen LogP contribution is 2.24. The summed E-state index contributed by atoms with van der Waals surface area (Å²) >= 11 is 0. The van der Waals surface area contributed by atoms with Crippen LogP contribution in [0.2, 0.25) is 0 Å². The second kappa shape index (κ2) is 5.94. The molecule has 0 bridgehead atoms. The van der Waals surface area contributed by atoms with Crippen molar-refractivity contribution < 1.29 is 9.90 Å². The minimum absolute atomic E-state index is 0.0842. The molecule has 1 aromatic carbocycles. The van der Waals surface area contributed by atoms with Crippen LogP contribution < -0.4 is 10.6 Å². The minimum Gasteiger partial charge on any atom is -0.393 e. The zero-order chi connectivity index (χ0) is 13.9. The number of carbonyl (C=O) groups is 1. The Balaban J connectivity index is 1.51. The standard InChI is InChI=1S/C16H22N2O2/c19-14-6-5-11(7-14)9-18-16(20)15-8-12-3-1-2-4-13(12)10-17-15/h1-4,11,14-15,17,19H,5-10H2,(H,18,20). The van der Waals surface area contributed by atoms with Crippen LogP contribution in [-0.4, -0.2) is 29.7 Å². The van der Waals surface area contributed by atoms with Gasteiger partial charge < -0.3 is 15.7 Å². The van der Waals surface area contributed by atoms with Crippen LogP contribution in [0.15, 0.2) is 24.3 Å². The number of carbonyl (C=O) groups excluding carboxylic acids is 1. The lowest BCUT2D eigenvalue weighted by Crippen LogP contribution is -2.48. The molecule has 3 unspecified atom stereocenters. The monoisotopic (exact) mass is 274 g/mol. The number of benzene rings is 1. The molecule has 108 valence electrons. The Labute approximate surface area is 119 Å². The number of aliphatic hydroxyl groups excluding tert-OH is 1. The third-order valence-electron chi connectivity index (χ3n) is 4.48. The van der Waals surface area contributed by atoms with E-state index < -0.39 is 0 Å². The first-order chi connectivity index (χ1) is 9.72. The summed E-state index contributed by atoms with van der Waals surface area (Å²) in [6.07, 6.45) is 3.30. The molecule has 4 heteroatoms. The lowest BCUT2D eigenvalue weighted by Gasteiger charge is -2.25. The molecule has 0 aromatic heterocycles. The van der Waals surface area contributed by atoms with Gasteiger partial charge in [0.25, 0.3) is 0 Å². The van der Waals surface area contributed by atoms with Crippen LogP contribution in [0.5, 0.6) is 0 Å². The number of hydrogen-bond acceptors (Lipinski definition) is 3. The van der Waals surface area contributed by atoms with Crippen LogP contribution in [0.1, 0.15) is 30.4 Å². The quantitative estimate of drug-likeness (QED) is 0.770. The SMILES string of the molecule is O=C(NCC1CCC(O)C1)C1Cc2ccccc2CN1. The largest absolute Gasteiger partial charge is 0.393 e. The number of amides is 1. The van der Waals surface area contributed by atoms with Gasteiger partial charge in [0.05, 0.1) is 12.1 Å². The first-order valence-corrected chi connectivity index (χ1v) is 7.48. The molecule has 1 amide bonds. The van der Waals surface area contributed by atoms with Crippen molar-refractivity contribution in [3.05, 3.63) is 35.4 Å². The summed E-state index contributed by atoms with van der Waals surface area (Å²) in [6.45, 7) is 1.45. The third-order valence-corrected chi connectivity index (χ3v) is 4.48. The summed E-state index contributed by atoms with van der Waals surface area (Å²) in [4.78, 5) is 12.2. The summed E-state index contributed by atoms with van der Waals surface area (Å²) < 4.78 is 0. The zero-order valence-corrected chi connectivity index (χ0v) is 11.6. The summed E-state index contributed by atoms with van der Waals surface area (Å²) in [5.41, 5.74) is 2.55. The summed E-state index contributed by atoms with van der Waals surface area (Å²) in [6, 6.07) is 8.14. The van der Waals surface area contributed by atoms with E-state index in [0.717, 1.165) is 32.2 Å². The Hall–Kier alpha value is -1.39. The second-order valence-electron chi connectivity index (χ2n) is 5.98. The van der Waals surface area contributed by atoms with Crippen molar-refractivity contribution >= 4 is 5.91 Å². The van der Waals surface area contributed by atoms with Gasteiger partial charge in [0.1, 0.15) is 0 Å². The fourth-order valence-corrected chi connectivity index (χ4v) is 3.24. The van der Waals surface area contributed by atoms with Gasteiger partial charge in [-0.05, 0) is 42.7 Å². The Morgan fingerprint density at radius 3 is 2.85 bits per heavy atom. The van der Waals surface area contributed by atoms with E-state index in [9.17, 15) is 9.90 Å². The van der Waals surface area contributed by atoms with Gasteiger partial charge in [0.15, 0.2) is 0 Å². The molecule has 1 aliphatic carbocycles. The van der Waals surface area contributed by atoms with Crippen LogP contribution in [0.3, 0.4) is 0 Å². The van der Waals surface area contributed by atoms with Gasteiger partial charge >= 0.3 is 0 Å². The second-order valence-corrected chi connectivity index (χ2v) is 5.98. The molecule has 0 saturated heterocycles. The third kappa shape index (κ3) is 3.02. The summed E-state index contributed by atoms with van der Waals surface area (Å²) in [5, 5.41) is 15.8. The maximum Gasteiger partial charge on any atom is 0.237 e. The predicted octanol–water partition coefficient (Wildman–Crippen LogP) is 0.978. The van der Waals surface area contributed by atoms with Crippen molar-refractivity contribution in [2.75, 3.05) is 6.54 Å². The predicted molar refractivity (Wildman–Crippen MR) is 77.1 cm³/mol. The average molecular weight is 274 g/mol. The van der Waals surface area contributed by atoms with Crippen LogP contribution >= 0.6 is 0 Å². The van der Waals surface area contributed by atoms with Gasteiger partial charge in [-0.2, -0.15) is 0 Å². The highest BCUT2D eigenvalue weighted by molar-refractivity contribution is 5.82. The maximum absolute atomic E-state index is 12.2. The molecular weight excluding hydrogens is 252 g/mol. The topological polar surface area (TPSA) is 61.4 Å². The van der Waals surface area contributed by atoms with Crippen molar-refractivity contribution in [3.63, 3.8) is 0 Å². The van der Waals surface area contributed by atoms with E-state index in [1.54, 1.807) is 0 Å². The van der Waals surface area contributed by atoms with E-state index in [0.29, 0.717) is 12.5 Å². The Bertz CT molecular complexity index is 489. The fraction of sp³-hybridized carbons (Fsp3) is 0.562. The van der Waals surface area contributed by atoms with Gasteiger partial charge in [0, 0.05) is 13.1 Å². The number of aliphatic hydroxyl groups is 1. The first kappa shape index (κ1) is 13.6. The average Bonchev–Trinajstić information content (AvgIpc) is 2.90. The van der Waals surface area contributed by atoms with Crippen molar-refractivity contribution in [2.24, 2.45) is 5.92 Å². The van der Waals surface area contributed by atoms with Gasteiger partial charge in [-0.25, -0.2) is 0 Å². The number of hydrogen-bond donors (Lipinski definition) is 3. The number of fused-ring (bicyclic) bond motifs is 1. The van der Waals surface area contributed by atoms with E-state index in [-0.39, 0.29) is 18.1 Å². The van der Waals surface area contributed by atoms with Crippen LogP contribution in [0.25, 0.3) is 0 Å². The van der Waals surface area contributed by atoms with Gasteiger partial charge in [0.2, 0.25) is 5.91 Å². The molecule has 1 saturated carbocycles. The molecule has 0 spiro atoms. The number of rotatable bonds is 3. The Morgan fingerprint density at radius 2 is 2.10 bits per heavy atom. The lowest BCUT2D eigenvalue weighted by atomic mass is 9.95. The van der Waals surface area contributed by atoms with Crippen LogP contribution in [-0.2, 0) is 17.8 Å². The zero-order valence-electron chi connectivity index (χ0n) is 11.6. The molecule has 3 N–H and O–H groups in total. The molecule has 20 heavy (non-hydrogen) atoms. The molecule has 3 atom stereocenters. The highest BCUT2D eigenvalue weighted by atomic mass is 16.3. The van der Waals surface area contributed by atoms with Crippen LogP contribution in [0, 0.1) is 5.92 Å². The first-order valence-electron chi connectivity index (χ1n) is 7.48. The van der Waals surface area contributed by atoms with Crippen LogP contribution in [0.4, 0.5) is 0 Å². The van der Waals surface area contributed by atoms with Gasteiger partial charge in [-0.3, -0.25) is 4.79 Å².